The summed E-state index contributed by atoms with van der Waals surface area (Å²) in [7, 11) is -3.44. The molecule has 112 valence electrons. The Morgan fingerprint density at radius 2 is 1.67 bits per heavy atom. The summed E-state index contributed by atoms with van der Waals surface area (Å²) in [5.74, 6) is 0.869. The topological polar surface area (TPSA) is 72.2 Å². The Hall–Kier alpha value is -1.50. The molecule has 0 saturated heterocycles. The second-order valence-corrected chi connectivity index (χ2v) is 7.42. The third kappa shape index (κ3) is 5.08. The van der Waals surface area contributed by atoms with E-state index in [-0.39, 0.29) is 4.90 Å². The van der Waals surface area contributed by atoms with Gasteiger partial charge in [0, 0.05) is 17.1 Å². The van der Waals surface area contributed by atoms with E-state index in [1.54, 1.807) is 23.9 Å². The first-order valence-electron chi connectivity index (χ1n) is 6.61. The van der Waals surface area contributed by atoms with Crippen molar-refractivity contribution in [3.8, 4) is 0 Å². The van der Waals surface area contributed by atoms with Gasteiger partial charge in [-0.25, -0.2) is 13.1 Å². The molecule has 2 aromatic carbocycles. The first-order chi connectivity index (χ1) is 10.1. The fourth-order valence-electron chi connectivity index (χ4n) is 1.72. The van der Waals surface area contributed by atoms with E-state index in [2.05, 4.69) is 4.72 Å². The number of hydrogen-bond donors (Lipinski definition) is 2. The van der Waals surface area contributed by atoms with Crippen molar-refractivity contribution in [2.45, 2.75) is 16.2 Å². The van der Waals surface area contributed by atoms with Crippen LogP contribution in [0, 0.1) is 0 Å². The van der Waals surface area contributed by atoms with Gasteiger partial charge < -0.3 is 5.73 Å². The van der Waals surface area contributed by atoms with Gasteiger partial charge in [0.15, 0.2) is 0 Å². The highest BCUT2D eigenvalue weighted by Crippen LogP contribution is 2.17. The highest BCUT2D eigenvalue weighted by Gasteiger charge is 2.12. The van der Waals surface area contributed by atoms with Crippen molar-refractivity contribution in [1.82, 2.24) is 4.72 Å². The van der Waals surface area contributed by atoms with Crippen LogP contribution in [0.2, 0.25) is 0 Å². The lowest BCUT2D eigenvalue weighted by Gasteiger charge is -2.07. The van der Waals surface area contributed by atoms with Gasteiger partial charge in [0.25, 0.3) is 0 Å². The van der Waals surface area contributed by atoms with Gasteiger partial charge in [-0.2, -0.15) is 0 Å². The van der Waals surface area contributed by atoms with E-state index in [0.717, 1.165) is 12.2 Å². The van der Waals surface area contributed by atoms with Gasteiger partial charge in [-0.05, 0) is 48.6 Å². The molecule has 0 unspecified atom stereocenters. The van der Waals surface area contributed by atoms with E-state index in [1.807, 2.05) is 30.3 Å². The Bertz CT molecular complexity index is 656. The summed E-state index contributed by atoms with van der Waals surface area (Å²) >= 11 is 1.72. The molecule has 0 heterocycles. The third-order valence-electron chi connectivity index (χ3n) is 2.82. The Kier molecular flexibility index (Phi) is 5.67. The molecule has 2 rings (SSSR count). The minimum Gasteiger partial charge on any atom is -0.399 e. The molecule has 0 spiro atoms. The lowest BCUT2D eigenvalue weighted by molar-refractivity contribution is 0.581. The fraction of sp³-hybridized carbons (Fsp3) is 0.200. The van der Waals surface area contributed by atoms with Crippen LogP contribution in [0.5, 0.6) is 0 Å². The Labute approximate surface area is 129 Å². The van der Waals surface area contributed by atoms with Crippen LogP contribution in [0.4, 0.5) is 5.69 Å². The van der Waals surface area contributed by atoms with Gasteiger partial charge in [0.05, 0.1) is 4.90 Å². The van der Waals surface area contributed by atoms with E-state index in [9.17, 15) is 8.42 Å². The maximum absolute atomic E-state index is 12.0. The van der Waals surface area contributed by atoms with Crippen LogP contribution in [-0.4, -0.2) is 20.7 Å². The van der Waals surface area contributed by atoms with Crippen LogP contribution >= 0.6 is 11.8 Å². The smallest absolute Gasteiger partial charge is 0.240 e. The quantitative estimate of drug-likeness (QED) is 0.467. The number of nitrogen functional groups attached to an aromatic ring is 1. The first kappa shape index (κ1) is 15.9. The molecule has 0 atom stereocenters. The molecule has 0 aromatic heterocycles. The average molecular weight is 322 g/mol. The van der Waals surface area contributed by atoms with Gasteiger partial charge in [-0.15, -0.1) is 11.8 Å². The molecule has 3 N–H and O–H groups in total. The second kappa shape index (κ2) is 7.49. The summed E-state index contributed by atoms with van der Waals surface area (Å²) < 4.78 is 26.6. The lowest BCUT2D eigenvalue weighted by Crippen LogP contribution is -2.25. The minimum absolute atomic E-state index is 0.243. The summed E-state index contributed by atoms with van der Waals surface area (Å²) in [6, 6.07) is 16.2. The van der Waals surface area contributed by atoms with Crippen molar-refractivity contribution in [2.24, 2.45) is 0 Å². The van der Waals surface area contributed by atoms with Crippen molar-refractivity contribution in [1.29, 1.82) is 0 Å². The number of nitrogens with one attached hydrogen (secondary N) is 1. The molecule has 0 bridgehead atoms. The normalized spacial score (nSPS) is 11.4. The second-order valence-electron chi connectivity index (χ2n) is 4.48. The molecule has 0 aliphatic heterocycles. The molecule has 4 nitrogen and oxygen atoms in total. The monoisotopic (exact) mass is 322 g/mol. The van der Waals surface area contributed by atoms with Crippen LogP contribution in [0.3, 0.4) is 0 Å². The molecule has 0 radical (unpaired) electrons. The SMILES string of the molecule is Nc1ccc(S(=O)(=O)NCCCSc2ccccc2)cc1. The molecular weight excluding hydrogens is 304 g/mol. The summed E-state index contributed by atoms with van der Waals surface area (Å²) in [5.41, 5.74) is 6.10. The molecule has 0 fully saturated rings. The summed E-state index contributed by atoms with van der Waals surface area (Å²) in [5, 5.41) is 0. The zero-order valence-electron chi connectivity index (χ0n) is 11.5. The van der Waals surface area contributed by atoms with Crippen molar-refractivity contribution in [2.75, 3.05) is 18.0 Å². The number of anilines is 1. The zero-order chi connectivity index (χ0) is 15.1. The fourth-order valence-corrected chi connectivity index (χ4v) is 3.66. The first-order valence-corrected chi connectivity index (χ1v) is 9.08. The Morgan fingerprint density at radius 3 is 2.33 bits per heavy atom. The minimum atomic E-state index is -3.44. The Morgan fingerprint density at radius 1 is 1.00 bits per heavy atom. The standard InChI is InChI=1S/C15H18N2O2S2/c16-13-7-9-15(10-8-13)21(18,19)17-11-4-12-20-14-5-2-1-3-6-14/h1-3,5-10,17H,4,11-12,16H2. The van der Waals surface area contributed by atoms with Crippen LogP contribution in [0.15, 0.2) is 64.4 Å². The molecular formula is C15H18N2O2S2. The molecule has 0 saturated carbocycles. The molecule has 0 aliphatic carbocycles. The van der Waals surface area contributed by atoms with Gasteiger partial charge in [-0.3, -0.25) is 0 Å². The highest BCUT2D eigenvalue weighted by molar-refractivity contribution is 7.99. The van der Waals surface area contributed by atoms with E-state index >= 15 is 0 Å². The third-order valence-corrected chi connectivity index (χ3v) is 5.39. The molecule has 0 amide bonds. The maximum atomic E-state index is 12.0. The van der Waals surface area contributed by atoms with Crippen molar-refractivity contribution in [3.63, 3.8) is 0 Å². The zero-order valence-corrected chi connectivity index (χ0v) is 13.2. The molecule has 6 heteroatoms. The average Bonchev–Trinajstić information content (AvgIpc) is 2.48. The van der Waals surface area contributed by atoms with Crippen LogP contribution in [0.1, 0.15) is 6.42 Å². The largest absolute Gasteiger partial charge is 0.399 e. The van der Waals surface area contributed by atoms with Gasteiger partial charge in [0.1, 0.15) is 0 Å². The van der Waals surface area contributed by atoms with E-state index in [4.69, 9.17) is 5.73 Å². The van der Waals surface area contributed by atoms with E-state index < -0.39 is 10.0 Å². The number of hydrogen-bond acceptors (Lipinski definition) is 4. The van der Waals surface area contributed by atoms with Gasteiger partial charge >= 0.3 is 0 Å². The van der Waals surface area contributed by atoms with E-state index in [0.29, 0.717) is 12.2 Å². The molecule has 21 heavy (non-hydrogen) atoms. The van der Waals surface area contributed by atoms with Crippen LogP contribution in [-0.2, 0) is 10.0 Å². The van der Waals surface area contributed by atoms with Crippen LogP contribution in [0.25, 0.3) is 0 Å². The summed E-state index contributed by atoms with van der Waals surface area (Å²) in [6.45, 7) is 0.423. The van der Waals surface area contributed by atoms with Crippen LogP contribution < -0.4 is 10.5 Å². The number of sulfonamides is 1. The number of rotatable bonds is 7. The summed E-state index contributed by atoms with van der Waals surface area (Å²) in [4.78, 5) is 1.44. The van der Waals surface area contributed by atoms with Gasteiger partial charge in [0.2, 0.25) is 10.0 Å². The van der Waals surface area contributed by atoms with Gasteiger partial charge in [-0.1, -0.05) is 18.2 Å². The predicted octanol–water partition coefficient (Wildman–Crippen LogP) is 2.73. The van der Waals surface area contributed by atoms with Crippen molar-refractivity contribution >= 4 is 27.5 Å². The predicted molar refractivity (Wildman–Crippen MR) is 87.8 cm³/mol. The number of nitrogens with two attached hydrogens (primary N) is 1. The highest BCUT2D eigenvalue weighted by atomic mass is 32.2. The lowest BCUT2D eigenvalue weighted by atomic mass is 10.3. The van der Waals surface area contributed by atoms with Crippen molar-refractivity contribution in [3.05, 3.63) is 54.6 Å². The maximum Gasteiger partial charge on any atom is 0.240 e. The summed E-state index contributed by atoms with van der Waals surface area (Å²) in [6.07, 6.45) is 0.772. The van der Waals surface area contributed by atoms with Crippen molar-refractivity contribution < 1.29 is 8.42 Å². The molecule has 2 aromatic rings. The number of thioether (sulfide) groups is 1. The number of benzene rings is 2. The Balaban J connectivity index is 1.76. The molecule has 0 aliphatic rings. The van der Waals surface area contributed by atoms with E-state index in [1.165, 1.54) is 17.0 Å².